The molecule has 0 unspecified atom stereocenters. The van der Waals surface area contributed by atoms with Crippen LogP contribution < -0.4 is 10.1 Å². The number of aromatic nitrogens is 1. The highest BCUT2D eigenvalue weighted by Crippen LogP contribution is 2.24. The zero-order chi connectivity index (χ0) is 13.7. The number of ether oxygens (including phenoxy) is 1. The molecule has 1 aromatic heterocycles. The highest BCUT2D eigenvalue weighted by molar-refractivity contribution is 7.11. The van der Waals surface area contributed by atoms with Crippen LogP contribution in [0.15, 0.2) is 24.4 Å². The maximum Gasteiger partial charge on any atom is 0.137 e. The van der Waals surface area contributed by atoms with Gasteiger partial charge < -0.3 is 10.1 Å². The van der Waals surface area contributed by atoms with Gasteiger partial charge in [-0.25, -0.2) is 4.98 Å². The van der Waals surface area contributed by atoms with Crippen molar-refractivity contribution in [2.45, 2.75) is 26.4 Å². The van der Waals surface area contributed by atoms with Gasteiger partial charge in [0.25, 0.3) is 0 Å². The second-order valence-electron chi connectivity index (χ2n) is 4.15. The first-order valence-electron chi connectivity index (χ1n) is 6.19. The first-order chi connectivity index (χ1) is 9.22. The largest absolute Gasteiger partial charge is 0.495 e. The third-order valence-electron chi connectivity index (χ3n) is 2.77. The van der Waals surface area contributed by atoms with Gasteiger partial charge >= 0.3 is 0 Å². The highest BCUT2D eigenvalue weighted by Gasteiger charge is 2.03. The molecule has 0 aliphatic rings. The summed E-state index contributed by atoms with van der Waals surface area (Å²) in [6.45, 7) is 3.70. The van der Waals surface area contributed by atoms with Crippen molar-refractivity contribution >= 4 is 22.9 Å². The average molecular weight is 297 g/mol. The summed E-state index contributed by atoms with van der Waals surface area (Å²) in [6.07, 6.45) is 3.00. The van der Waals surface area contributed by atoms with Crippen LogP contribution in [0.2, 0.25) is 5.02 Å². The summed E-state index contributed by atoms with van der Waals surface area (Å²) in [5.74, 6) is 0.706. The van der Waals surface area contributed by atoms with Gasteiger partial charge in [0.05, 0.1) is 12.1 Å². The molecule has 2 aromatic rings. The van der Waals surface area contributed by atoms with Gasteiger partial charge in [-0.3, -0.25) is 0 Å². The van der Waals surface area contributed by atoms with Crippen molar-refractivity contribution in [3.05, 3.63) is 44.9 Å². The lowest BCUT2D eigenvalue weighted by molar-refractivity contribution is 0.415. The minimum atomic E-state index is 0.643. The maximum atomic E-state index is 6.08. The molecular formula is C14H17ClN2OS. The van der Waals surface area contributed by atoms with Crippen LogP contribution in [0.1, 0.15) is 22.4 Å². The van der Waals surface area contributed by atoms with E-state index in [0.717, 1.165) is 30.1 Å². The van der Waals surface area contributed by atoms with E-state index in [4.69, 9.17) is 16.3 Å². The van der Waals surface area contributed by atoms with E-state index in [0.29, 0.717) is 10.8 Å². The molecule has 0 amide bonds. The lowest BCUT2D eigenvalue weighted by Gasteiger charge is -2.06. The molecule has 0 saturated heterocycles. The Morgan fingerprint density at radius 1 is 1.37 bits per heavy atom. The lowest BCUT2D eigenvalue weighted by atomic mass is 10.2. The average Bonchev–Trinajstić information content (AvgIpc) is 2.87. The highest BCUT2D eigenvalue weighted by atomic mass is 35.5. The van der Waals surface area contributed by atoms with Crippen molar-refractivity contribution in [2.24, 2.45) is 0 Å². The van der Waals surface area contributed by atoms with Crippen molar-refractivity contribution in [1.82, 2.24) is 10.3 Å². The number of aryl methyl sites for hydroxylation is 1. The van der Waals surface area contributed by atoms with Gasteiger partial charge in [0.15, 0.2) is 0 Å². The van der Waals surface area contributed by atoms with Crippen molar-refractivity contribution < 1.29 is 4.74 Å². The SMILES string of the molecule is CCc1cnc(CNCc2ccc(OC)c(Cl)c2)s1. The number of hydrogen-bond acceptors (Lipinski definition) is 4. The first kappa shape index (κ1) is 14.3. The molecule has 0 radical (unpaired) electrons. The topological polar surface area (TPSA) is 34.2 Å². The second-order valence-corrected chi connectivity index (χ2v) is 5.75. The number of methoxy groups -OCH3 is 1. The molecule has 0 aliphatic heterocycles. The van der Waals surface area contributed by atoms with Gasteiger partial charge in [0.2, 0.25) is 0 Å². The van der Waals surface area contributed by atoms with E-state index in [2.05, 4.69) is 17.2 Å². The molecule has 2 rings (SSSR count). The molecule has 0 spiro atoms. The van der Waals surface area contributed by atoms with Crippen molar-refractivity contribution in [3.8, 4) is 5.75 Å². The number of nitrogens with one attached hydrogen (secondary N) is 1. The number of rotatable bonds is 6. The smallest absolute Gasteiger partial charge is 0.137 e. The van der Waals surface area contributed by atoms with Crippen molar-refractivity contribution in [1.29, 1.82) is 0 Å². The van der Waals surface area contributed by atoms with E-state index in [1.54, 1.807) is 18.4 Å². The maximum absolute atomic E-state index is 6.08. The molecule has 1 heterocycles. The molecule has 102 valence electrons. The van der Waals surface area contributed by atoms with Crippen LogP contribution in [-0.4, -0.2) is 12.1 Å². The summed E-state index contributed by atoms with van der Waals surface area (Å²) >= 11 is 7.84. The van der Waals surface area contributed by atoms with Gasteiger partial charge in [-0.15, -0.1) is 11.3 Å². The van der Waals surface area contributed by atoms with Crippen LogP contribution >= 0.6 is 22.9 Å². The predicted octanol–water partition coefficient (Wildman–Crippen LogP) is 3.66. The molecule has 1 N–H and O–H groups in total. The standard InChI is InChI=1S/C14H17ClN2OS/c1-3-11-8-17-14(19-11)9-16-7-10-4-5-13(18-2)12(15)6-10/h4-6,8,16H,3,7,9H2,1-2H3. The minimum Gasteiger partial charge on any atom is -0.495 e. The third kappa shape index (κ3) is 3.93. The van der Waals surface area contributed by atoms with Crippen LogP contribution in [0.25, 0.3) is 0 Å². The number of halogens is 1. The van der Waals surface area contributed by atoms with Gasteiger partial charge in [0, 0.05) is 24.2 Å². The van der Waals surface area contributed by atoms with Crippen LogP contribution in [0.5, 0.6) is 5.75 Å². The molecule has 19 heavy (non-hydrogen) atoms. The quantitative estimate of drug-likeness (QED) is 0.883. The zero-order valence-electron chi connectivity index (χ0n) is 11.1. The van der Waals surface area contributed by atoms with Crippen LogP contribution in [0.3, 0.4) is 0 Å². The van der Waals surface area contributed by atoms with E-state index >= 15 is 0 Å². The summed E-state index contributed by atoms with van der Waals surface area (Å²) in [4.78, 5) is 5.70. The number of nitrogens with zero attached hydrogens (tertiary/aromatic N) is 1. The number of benzene rings is 1. The predicted molar refractivity (Wildman–Crippen MR) is 80.0 cm³/mol. The Balaban J connectivity index is 1.87. The third-order valence-corrected chi connectivity index (χ3v) is 4.21. The molecular weight excluding hydrogens is 280 g/mol. The summed E-state index contributed by atoms with van der Waals surface area (Å²) < 4.78 is 5.13. The van der Waals surface area contributed by atoms with Crippen LogP contribution in [0, 0.1) is 0 Å². The Morgan fingerprint density at radius 2 is 2.21 bits per heavy atom. The molecule has 0 aliphatic carbocycles. The Morgan fingerprint density at radius 3 is 2.84 bits per heavy atom. The molecule has 0 saturated carbocycles. The summed E-state index contributed by atoms with van der Waals surface area (Å²) in [6, 6.07) is 5.82. The van der Waals surface area contributed by atoms with E-state index in [1.807, 2.05) is 24.4 Å². The van der Waals surface area contributed by atoms with Gasteiger partial charge in [0.1, 0.15) is 10.8 Å². The summed E-state index contributed by atoms with van der Waals surface area (Å²) in [7, 11) is 1.62. The normalized spacial score (nSPS) is 10.7. The van der Waals surface area contributed by atoms with Gasteiger partial charge in [-0.1, -0.05) is 24.6 Å². The van der Waals surface area contributed by atoms with Crippen molar-refractivity contribution in [3.63, 3.8) is 0 Å². The Hall–Kier alpha value is -1.10. The van der Waals surface area contributed by atoms with E-state index in [9.17, 15) is 0 Å². The van der Waals surface area contributed by atoms with E-state index < -0.39 is 0 Å². The first-order valence-corrected chi connectivity index (χ1v) is 7.39. The molecule has 0 bridgehead atoms. The molecule has 0 atom stereocenters. The Labute approximate surface area is 122 Å². The Kier molecular flexibility index (Phi) is 5.19. The van der Waals surface area contributed by atoms with Crippen LogP contribution in [-0.2, 0) is 19.5 Å². The fourth-order valence-corrected chi connectivity index (χ4v) is 2.84. The second kappa shape index (κ2) is 6.89. The molecule has 5 heteroatoms. The van der Waals surface area contributed by atoms with E-state index in [-0.39, 0.29) is 0 Å². The Bertz CT molecular complexity index is 542. The van der Waals surface area contributed by atoms with E-state index in [1.165, 1.54) is 4.88 Å². The minimum absolute atomic E-state index is 0.643. The van der Waals surface area contributed by atoms with Crippen molar-refractivity contribution in [2.75, 3.05) is 7.11 Å². The number of hydrogen-bond donors (Lipinski definition) is 1. The molecule has 1 aromatic carbocycles. The summed E-state index contributed by atoms with van der Waals surface area (Å²) in [5.41, 5.74) is 1.14. The molecule has 3 nitrogen and oxygen atoms in total. The van der Waals surface area contributed by atoms with Crippen LogP contribution in [0.4, 0.5) is 0 Å². The lowest BCUT2D eigenvalue weighted by Crippen LogP contribution is -2.12. The van der Waals surface area contributed by atoms with Gasteiger partial charge in [-0.05, 0) is 24.1 Å². The zero-order valence-corrected chi connectivity index (χ0v) is 12.6. The fourth-order valence-electron chi connectivity index (χ4n) is 1.73. The number of thiazole rings is 1. The van der Waals surface area contributed by atoms with Gasteiger partial charge in [-0.2, -0.15) is 0 Å². The monoisotopic (exact) mass is 296 g/mol. The fraction of sp³-hybridized carbons (Fsp3) is 0.357. The summed E-state index contributed by atoms with van der Waals surface area (Å²) in [5, 5.41) is 5.13. The molecule has 0 fully saturated rings.